The van der Waals surface area contributed by atoms with E-state index in [9.17, 15) is 4.79 Å². The number of amides is 1. The van der Waals surface area contributed by atoms with Crippen LogP contribution >= 0.6 is 23.2 Å². The molecule has 0 radical (unpaired) electrons. The van der Waals surface area contributed by atoms with Crippen molar-refractivity contribution in [1.82, 2.24) is 5.32 Å². The van der Waals surface area contributed by atoms with Crippen molar-refractivity contribution in [3.8, 4) is 0 Å². The second kappa shape index (κ2) is 8.19. The maximum absolute atomic E-state index is 11.4. The third-order valence-electron chi connectivity index (χ3n) is 2.10. The predicted molar refractivity (Wildman–Crippen MR) is 74.6 cm³/mol. The van der Waals surface area contributed by atoms with Gasteiger partial charge < -0.3 is 10.1 Å². The van der Waals surface area contributed by atoms with Gasteiger partial charge in [-0.15, -0.1) is 0 Å². The van der Waals surface area contributed by atoms with Gasteiger partial charge in [0.15, 0.2) is 0 Å². The summed E-state index contributed by atoms with van der Waals surface area (Å²) < 4.78 is 4.97. The van der Waals surface area contributed by atoms with Crippen LogP contribution in [0.1, 0.15) is 13.3 Å². The SMILES string of the molecule is CCCNCCOC(=O)Nc1ccc(Cl)c(Cl)c1. The van der Waals surface area contributed by atoms with E-state index in [0.29, 0.717) is 28.9 Å². The van der Waals surface area contributed by atoms with E-state index >= 15 is 0 Å². The molecule has 1 rings (SSSR count). The predicted octanol–water partition coefficient (Wildman–Crippen LogP) is 3.54. The van der Waals surface area contributed by atoms with Crippen molar-refractivity contribution in [2.45, 2.75) is 13.3 Å². The van der Waals surface area contributed by atoms with Crippen molar-refractivity contribution in [2.24, 2.45) is 0 Å². The summed E-state index contributed by atoms with van der Waals surface area (Å²) in [7, 11) is 0. The number of carbonyl (C=O) groups excluding carboxylic acids is 1. The van der Waals surface area contributed by atoms with E-state index in [1.807, 2.05) is 0 Å². The van der Waals surface area contributed by atoms with E-state index in [-0.39, 0.29) is 0 Å². The molecule has 1 aromatic carbocycles. The maximum atomic E-state index is 11.4. The van der Waals surface area contributed by atoms with Crippen molar-refractivity contribution in [1.29, 1.82) is 0 Å². The molecule has 2 N–H and O–H groups in total. The molecule has 0 aliphatic carbocycles. The molecule has 18 heavy (non-hydrogen) atoms. The number of hydrogen-bond donors (Lipinski definition) is 2. The Bertz CT molecular complexity index is 400. The first-order valence-electron chi connectivity index (χ1n) is 5.73. The van der Waals surface area contributed by atoms with E-state index in [2.05, 4.69) is 17.6 Å². The zero-order chi connectivity index (χ0) is 13.4. The number of benzene rings is 1. The molecule has 1 amide bonds. The van der Waals surface area contributed by atoms with Crippen LogP contribution in [-0.2, 0) is 4.74 Å². The first-order chi connectivity index (χ1) is 8.63. The van der Waals surface area contributed by atoms with Gasteiger partial charge in [-0.2, -0.15) is 0 Å². The highest BCUT2D eigenvalue weighted by atomic mass is 35.5. The molecule has 0 unspecified atom stereocenters. The summed E-state index contributed by atoms with van der Waals surface area (Å²) in [6.07, 6.45) is 0.543. The molecule has 0 aliphatic heterocycles. The van der Waals surface area contributed by atoms with Gasteiger partial charge in [0.1, 0.15) is 6.61 Å². The largest absolute Gasteiger partial charge is 0.448 e. The van der Waals surface area contributed by atoms with Crippen molar-refractivity contribution in [2.75, 3.05) is 25.0 Å². The van der Waals surface area contributed by atoms with Crippen LogP contribution in [-0.4, -0.2) is 25.8 Å². The number of nitrogens with one attached hydrogen (secondary N) is 2. The van der Waals surface area contributed by atoms with Gasteiger partial charge in [0.05, 0.1) is 10.0 Å². The smallest absolute Gasteiger partial charge is 0.411 e. The molecule has 0 bridgehead atoms. The number of anilines is 1. The fraction of sp³-hybridized carbons (Fsp3) is 0.417. The molecular weight excluding hydrogens is 275 g/mol. The Labute approximate surface area is 117 Å². The van der Waals surface area contributed by atoms with E-state index in [4.69, 9.17) is 27.9 Å². The lowest BCUT2D eigenvalue weighted by Gasteiger charge is -2.08. The second-order valence-corrected chi connectivity index (χ2v) is 4.45. The van der Waals surface area contributed by atoms with Gasteiger partial charge in [0.2, 0.25) is 0 Å². The summed E-state index contributed by atoms with van der Waals surface area (Å²) in [6.45, 7) is 3.96. The van der Waals surface area contributed by atoms with Gasteiger partial charge in [-0.1, -0.05) is 30.1 Å². The number of rotatable bonds is 6. The Hall–Kier alpha value is -0.970. The molecule has 0 saturated heterocycles. The molecule has 0 aromatic heterocycles. The van der Waals surface area contributed by atoms with Crippen LogP contribution in [0.2, 0.25) is 10.0 Å². The molecule has 0 spiro atoms. The second-order valence-electron chi connectivity index (χ2n) is 3.64. The summed E-state index contributed by atoms with van der Waals surface area (Å²) in [4.78, 5) is 11.4. The molecule has 0 saturated carbocycles. The Morgan fingerprint density at radius 3 is 2.72 bits per heavy atom. The van der Waals surface area contributed by atoms with Crippen LogP contribution in [0.15, 0.2) is 18.2 Å². The van der Waals surface area contributed by atoms with Gasteiger partial charge in [0, 0.05) is 12.2 Å². The number of ether oxygens (including phenoxy) is 1. The molecule has 100 valence electrons. The van der Waals surface area contributed by atoms with E-state index in [1.165, 1.54) is 0 Å². The first kappa shape index (κ1) is 15.1. The minimum absolute atomic E-state index is 0.327. The zero-order valence-electron chi connectivity index (χ0n) is 10.1. The van der Waals surface area contributed by atoms with Crippen LogP contribution in [0, 0.1) is 0 Å². The van der Waals surface area contributed by atoms with E-state index < -0.39 is 6.09 Å². The lowest BCUT2D eigenvalue weighted by molar-refractivity contribution is 0.162. The summed E-state index contributed by atoms with van der Waals surface area (Å²) in [5, 5.41) is 6.53. The summed E-state index contributed by atoms with van der Waals surface area (Å²) in [5.41, 5.74) is 0.552. The average Bonchev–Trinajstić information content (AvgIpc) is 2.34. The molecule has 0 heterocycles. The number of halogens is 2. The Morgan fingerprint density at radius 2 is 2.06 bits per heavy atom. The molecule has 0 atom stereocenters. The van der Waals surface area contributed by atoms with Gasteiger partial charge in [-0.25, -0.2) is 4.79 Å². The first-order valence-corrected chi connectivity index (χ1v) is 6.48. The van der Waals surface area contributed by atoms with Crippen LogP contribution < -0.4 is 10.6 Å². The van der Waals surface area contributed by atoms with Crippen LogP contribution in [0.5, 0.6) is 0 Å². The quantitative estimate of drug-likeness (QED) is 0.788. The monoisotopic (exact) mass is 290 g/mol. The van der Waals surface area contributed by atoms with Crippen molar-refractivity contribution >= 4 is 35.0 Å². The van der Waals surface area contributed by atoms with Gasteiger partial charge in [0.25, 0.3) is 0 Å². The maximum Gasteiger partial charge on any atom is 0.411 e. The highest BCUT2D eigenvalue weighted by molar-refractivity contribution is 6.42. The van der Waals surface area contributed by atoms with Crippen LogP contribution in [0.3, 0.4) is 0 Å². The van der Waals surface area contributed by atoms with Crippen molar-refractivity contribution in [3.63, 3.8) is 0 Å². The topological polar surface area (TPSA) is 50.4 Å². The zero-order valence-corrected chi connectivity index (χ0v) is 11.6. The van der Waals surface area contributed by atoms with Crippen LogP contribution in [0.25, 0.3) is 0 Å². The lowest BCUT2D eigenvalue weighted by Crippen LogP contribution is -2.23. The molecule has 0 aliphatic rings. The Morgan fingerprint density at radius 1 is 1.28 bits per heavy atom. The number of carbonyl (C=O) groups is 1. The minimum atomic E-state index is -0.508. The van der Waals surface area contributed by atoms with E-state index in [0.717, 1.165) is 13.0 Å². The van der Waals surface area contributed by atoms with Gasteiger partial charge >= 0.3 is 6.09 Å². The third-order valence-corrected chi connectivity index (χ3v) is 2.84. The summed E-state index contributed by atoms with van der Waals surface area (Å²) >= 11 is 11.6. The van der Waals surface area contributed by atoms with Gasteiger partial charge in [-0.3, -0.25) is 5.32 Å². The standard InChI is InChI=1S/C12H16Cl2N2O2/c1-2-5-15-6-7-18-12(17)16-9-3-4-10(13)11(14)8-9/h3-4,8,15H,2,5-7H2,1H3,(H,16,17). The Balaban J connectivity index is 2.29. The summed E-state index contributed by atoms with van der Waals surface area (Å²) in [5.74, 6) is 0. The fourth-order valence-electron chi connectivity index (χ4n) is 1.25. The molecule has 6 heteroatoms. The normalized spacial score (nSPS) is 10.2. The highest BCUT2D eigenvalue weighted by Gasteiger charge is 2.04. The average molecular weight is 291 g/mol. The minimum Gasteiger partial charge on any atom is -0.448 e. The van der Waals surface area contributed by atoms with Crippen molar-refractivity contribution < 1.29 is 9.53 Å². The lowest BCUT2D eigenvalue weighted by atomic mass is 10.3. The van der Waals surface area contributed by atoms with Crippen molar-refractivity contribution in [3.05, 3.63) is 28.2 Å². The highest BCUT2D eigenvalue weighted by Crippen LogP contribution is 2.24. The molecule has 1 aromatic rings. The Kier molecular flexibility index (Phi) is 6.86. The molecule has 0 fully saturated rings. The molecular formula is C12H16Cl2N2O2. The van der Waals surface area contributed by atoms with Crippen LogP contribution in [0.4, 0.5) is 10.5 Å². The summed E-state index contributed by atoms with van der Waals surface area (Å²) in [6, 6.07) is 4.84. The fourth-order valence-corrected chi connectivity index (χ4v) is 1.54. The third kappa shape index (κ3) is 5.58. The van der Waals surface area contributed by atoms with Gasteiger partial charge in [-0.05, 0) is 31.2 Å². The van der Waals surface area contributed by atoms with E-state index in [1.54, 1.807) is 18.2 Å². The number of hydrogen-bond acceptors (Lipinski definition) is 3. The molecule has 4 nitrogen and oxygen atoms in total.